The summed E-state index contributed by atoms with van der Waals surface area (Å²) in [7, 11) is 0. The van der Waals surface area contributed by atoms with E-state index in [-0.39, 0.29) is 5.56 Å². The van der Waals surface area contributed by atoms with Crippen LogP contribution in [0.1, 0.15) is 5.56 Å². The lowest BCUT2D eigenvalue weighted by molar-refractivity contribution is 0.489. The molecule has 0 aliphatic rings. The number of benzene rings is 2. The van der Waals surface area contributed by atoms with Gasteiger partial charge in [0.1, 0.15) is 11.6 Å². The molecule has 2 rings (SSSR count). The average molecular weight is 291 g/mol. The lowest BCUT2D eigenvalue weighted by Gasteiger charge is -2.09. The third-order valence-corrected chi connectivity index (χ3v) is 2.55. The highest BCUT2D eigenvalue weighted by Gasteiger charge is 2.13. The van der Waals surface area contributed by atoms with E-state index in [1.54, 1.807) is 0 Å². The van der Waals surface area contributed by atoms with Crippen LogP contribution in [0.4, 0.5) is 32.0 Å². The molecule has 0 spiro atoms. The molecule has 1 N–H and O–H groups in total. The van der Waals surface area contributed by atoms with Crippen LogP contribution in [0, 0.1) is 34.9 Å². The van der Waals surface area contributed by atoms with Crippen molar-refractivity contribution < 1.29 is 26.3 Å². The van der Waals surface area contributed by atoms with Gasteiger partial charge in [-0.15, -0.1) is 0 Å². The summed E-state index contributed by atoms with van der Waals surface area (Å²) in [5, 5.41) is 2.21. The minimum absolute atomic E-state index is 0.312. The maximum Gasteiger partial charge on any atom is 0.182 e. The number of hydrogen-bond donors (Lipinski definition) is 1. The van der Waals surface area contributed by atoms with Gasteiger partial charge in [-0.1, -0.05) is 0 Å². The van der Waals surface area contributed by atoms with Crippen molar-refractivity contribution in [3.63, 3.8) is 0 Å². The fraction of sp³-hybridized carbons (Fsp3) is 0.0769. The van der Waals surface area contributed by atoms with Crippen LogP contribution < -0.4 is 5.32 Å². The molecular formula is C13H7F6N. The third-order valence-electron chi connectivity index (χ3n) is 2.55. The molecule has 0 amide bonds. The Morgan fingerprint density at radius 3 is 2.05 bits per heavy atom. The molecule has 7 heteroatoms. The Kier molecular flexibility index (Phi) is 3.87. The highest BCUT2D eigenvalue weighted by atomic mass is 19.2. The zero-order valence-electron chi connectivity index (χ0n) is 9.78. The number of halogens is 6. The van der Waals surface area contributed by atoms with Crippen LogP contribution in [0.25, 0.3) is 0 Å². The molecule has 0 bridgehead atoms. The fourth-order valence-corrected chi connectivity index (χ4v) is 1.57. The lowest BCUT2D eigenvalue weighted by Crippen LogP contribution is -2.06. The SMILES string of the molecule is Fc1cc(F)c(F)c(NCc2cc(F)c(F)cc2F)c1. The van der Waals surface area contributed by atoms with Crippen LogP contribution in [0.2, 0.25) is 0 Å². The predicted molar refractivity (Wildman–Crippen MR) is 60.0 cm³/mol. The normalized spacial score (nSPS) is 10.7. The number of rotatable bonds is 3. The van der Waals surface area contributed by atoms with Gasteiger partial charge in [0.05, 0.1) is 5.69 Å². The molecule has 0 unspecified atom stereocenters. The highest BCUT2D eigenvalue weighted by Crippen LogP contribution is 2.21. The van der Waals surface area contributed by atoms with Gasteiger partial charge in [0.15, 0.2) is 23.3 Å². The van der Waals surface area contributed by atoms with E-state index in [4.69, 9.17) is 0 Å². The molecule has 0 aliphatic heterocycles. The maximum atomic E-state index is 13.3. The molecule has 20 heavy (non-hydrogen) atoms. The van der Waals surface area contributed by atoms with Crippen molar-refractivity contribution in [3.8, 4) is 0 Å². The summed E-state index contributed by atoms with van der Waals surface area (Å²) < 4.78 is 78.1. The summed E-state index contributed by atoms with van der Waals surface area (Å²) in [4.78, 5) is 0. The second-order valence-corrected chi connectivity index (χ2v) is 3.96. The predicted octanol–water partition coefficient (Wildman–Crippen LogP) is 4.13. The summed E-state index contributed by atoms with van der Waals surface area (Å²) >= 11 is 0. The molecule has 0 aliphatic carbocycles. The molecule has 106 valence electrons. The highest BCUT2D eigenvalue weighted by molar-refractivity contribution is 5.46. The summed E-state index contributed by atoms with van der Waals surface area (Å²) in [5.74, 6) is -7.51. The molecule has 0 saturated heterocycles. The second-order valence-electron chi connectivity index (χ2n) is 3.96. The topological polar surface area (TPSA) is 12.0 Å². The van der Waals surface area contributed by atoms with E-state index in [0.717, 1.165) is 0 Å². The van der Waals surface area contributed by atoms with Crippen molar-refractivity contribution >= 4 is 5.69 Å². The molecule has 0 atom stereocenters. The summed E-state index contributed by atoms with van der Waals surface area (Å²) in [6, 6.07) is 1.91. The Morgan fingerprint density at radius 1 is 0.700 bits per heavy atom. The monoisotopic (exact) mass is 291 g/mol. The number of anilines is 1. The van der Waals surface area contributed by atoms with E-state index in [1.807, 2.05) is 0 Å². The smallest absolute Gasteiger partial charge is 0.182 e. The largest absolute Gasteiger partial charge is 0.378 e. The van der Waals surface area contributed by atoms with Crippen LogP contribution in [0.3, 0.4) is 0 Å². The molecule has 0 radical (unpaired) electrons. The zero-order chi connectivity index (χ0) is 14.9. The van der Waals surface area contributed by atoms with Gasteiger partial charge in [0.2, 0.25) is 0 Å². The fourth-order valence-electron chi connectivity index (χ4n) is 1.57. The first kappa shape index (κ1) is 14.2. The Morgan fingerprint density at radius 2 is 1.35 bits per heavy atom. The summed E-state index contributed by atoms with van der Waals surface area (Å²) in [6.45, 7) is -0.469. The standard InChI is InChI=1S/C13H7F6N/c14-7-2-11(18)13(19)12(3-7)20-5-6-1-9(16)10(17)4-8(6)15/h1-4,20H,5H2. The van der Waals surface area contributed by atoms with Gasteiger partial charge in [-0.25, -0.2) is 26.3 Å². The van der Waals surface area contributed by atoms with Gasteiger partial charge in [0.25, 0.3) is 0 Å². The second kappa shape index (κ2) is 5.44. The Labute approximate surface area is 109 Å². The van der Waals surface area contributed by atoms with E-state index in [1.165, 1.54) is 0 Å². The van der Waals surface area contributed by atoms with E-state index < -0.39 is 47.1 Å². The number of nitrogens with one attached hydrogen (secondary N) is 1. The van der Waals surface area contributed by atoms with E-state index in [2.05, 4.69) is 5.32 Å². The molecule has 0 saturated carbocycles. The quantitative estimate of drug-likeness (QED) is 0.662. The van der Waals surface area contributed by atoms with Crippen molar-refractivity contribution in [2.75, 3.05) is 5.32 Å². The van der Waals surface area contributed by atoms with Crippen molar-refractivity contribution in [1.29, 1.82) is 0 Å². The molecule has 0 heterocycles. The Hall–Kier alpha value is -2.18. The molecule has 0 fully saturated rings. The van der Waals surface area contributed by atoms with Gasteiger partial charge in [-0.05, 0) is 6.07 Å². The van der Waals surface area contributed by atoms with E-state index in [9.17, 15) is 26.3 Å². The minimum Gasteiger partial charge on any atom is -0.378 e. The van der Waals surface area contributed by atoms with Gasteiger partial charge < -0.3 is 5.32 Å². The van der Waals surface area contributed by atoms with Crippen LogP contribution in [0.5, 0.6) is 0 Å². The minimum atomic E-state index is -1.42. The molecule has 2 aromatic rings. The van der Waals surface area contributed by atoms with Gasteiger partial charge in [-0.3, -0.25) is 0 Å². The van der Waals surface area contributed by atoms with Gasteiger partial charge in [-0.2, -0.15) is 0 Å². The van der Waals surface area contributed by atoms with Crippen molar-refractivity contribution in [1.82, 2.24) is 0 Å². The zero-order valence-corrected chi connectivity index (χ0v) is 9.78. The average Bonchev–Trinajstić information content (AvgIpc) is 2.37. The molecule has 2 aromatic carbocycles. The first-order chi connectivity index (χ1) is 9.38. The van der Waals surface area contributed by atoms with Crippen LogP contribution in [-0.4, -0.2) is 0 Å². The van der Waals surface area contributed by atoms with Crippen LogP contribution in [0.15, 0.2) is 24.3 Å². The Bertz CT molecular complexity index is 656. The van der Waals surface area contributed by atoms with Gasteiger partial charge in [0, 0.05) is 30.3 Å². The lowest BCUT2D eigenvalue weighted by atomic mass is 10.2. The molecule has 0 aromatic heterocycles. The van der Waals surface area contributed by atoms with E-state index in [0.29, 0.717) is 24.3 Å². The van der Waals surface area contributed by atoms with Crippen molar-refractivity contribution in [2.24, 2.45) is 0 Å². The molecule has 1 nitrogen and oxygen atoms in total. The summed E-state index contributed by atoms with van der Waals surface area (Å²) in [5.41, 5.74) is -0.861. The maximum absolute atomic E-state index is 13.3. The first-order valence-corrected chi connectivity index (χ1v) is 5.40. The number of hydrogen-bond acceptors (Lipinski definition) is 1. The van der Waals surface area contributed by atoms with Crippen molar-refractivity contribution in [3.05, 3.63) is 64.7 Å². The third kappa shape index (κ3) is 2.87. The van der Waals surface area contributed by atoms with Crippen LogP contribution >= 0.6 is 0 Å². The van der Waals surface area contributed by atoms with E-state index >= 15 is 0 Å². The van der Waals surface area contributed by atoms with Crippen LogP contribution in [-0.2, 0) is 6.54 Å². The van der Waals surface area contributed by atoms with Gasteiger partial charge >= 0.3 is 0 Å². The molecular weight excluding hydrogens is 284 g/mol. The Balaban J connectivity index is 2.23. The first-order valence-electron chi connectivity index (χ1n) is 5.40. The summed E-state index contributed by atoms with van der Waals surface area (Å²) in [6.07, 6.45) is 0. The van der Waals surface area contributed by atoms with Crippen molar-refractivity contribution in [2.45, 2.75) is 6.54 Å².